The molecule has 1 N–H and O–H groups in total. The minimum Gasteiger partial charge on any atom is -0.459 e. The molecule has 1 aliphatic rings. The van der Waals surface area contributed by atoms with Crippen LogP contribution < -0.4 is 5.32 Å². The maximum atomic E-state index is 12.3. The molecule has 0 aliphatic carbocycles. The smallest absolute Gasteiger partial charge is 0.289 e. The number of carbonyl (C=O) groups excluding carboxylic acids is 2. The van der Waals surface area contributed by atoms with Gasteiger partial charge in [0.1, 0.15) is 5.76 Å². The topological polar surface area (TPSA) is 88.6 Å². The summed E-state index contributed by atoms with van der Waals surface area (Å²) < 4.78 is 10.2. The first-order valence-corrected chi connectivity index (χ1v) is 7.66. The number of aromatic nitrogens is 1. The molecule has 0 spiro atoms. The van der Waals surface area contributed by atoms with E-state index in [2.05, 4.69) is 10.5 Å². The number of amides is 2. The Bertz CT molecular complexity index is 677. The number of hydrogen-bond donors (Lipinski definition) is 1. The predicted octanol–water partition coefficient (Wildman–Crippen LogP) is 1.54. The van der Waals surface area contributed by atoms with Gasteiger partial charge in [0.05, 0.1) is 18.4 Å². The molecule has 3 heterocycles. The van der Waals surface area contributed by atoms with Crippen molar-refractivity contribution in [2.24, 2.45) is 0 Å². The Morgan fingerprint density at radius 2 is 2.35 bits per heavy atom. The molecule has 2 aromatic heterocycles. The number of nitrogens with one attached hydrogen (secondary N) is 1. The second kappa shape index (κ2) is 6.68. The second-order valence-electron chi connectivity index (χ2n) is 5.75. The highest BCUT2D eigenvalue weighted by Gasteiger charge is 2.26. The molecule has 122 valence electrons. The van der Waals surface area contributed by atoms with Gasteiger partial charge in [0, 0.05) is 25.2 Å². The molecule has 7 heteroatoms. The lowest BCUT2D eigenvalue weighted by Gasteiger charge is -2.32. The first kappa shape index (κ1) is 15.3. The molecular weight excluding hydrogens is 298 g/mol. The molecule has 2 amide bonds. The van der Waals surface area contributed by atoms with Crippen LogP contribution in [0.3, 0.4) is 0 Å². The molecule has 0 radical (unpaired) electrons. The Morgan fingerprint density at radius 1 is 1.48 bits per heavy atom. The third-order valence-corrected chi connectivity index (χ3v) is 3.82. The first-order chi connectivity index (χ1) is 11.1. The van der Waals surface area contributed by atoms with Gasteiger partial charge >= 0.3 is 0 Å². The number of furan rings is 1. The number of aryl methyl sites for hydroxylation is 1. The van der Waals surface area contributed by atoms with E-state index in [0.29, 0.717) is 24.6 Å². The van der Waals surface area contributed by atoms with E-state index in [0.717, 1.165) is 18.5 Å². The van der Waals surface area contributed by atoms with Crippen molar-refractivity contribution in [2.45, 2.75) is 32.2 Å². The molecule has 1 aliphatic heterocycles. The van der Waals surface area contributed by atoms with Gasteiger partial charge in [-0.25, -0.2) is 0 Å². The lowest BCUT2D eigenvalue weighted by atomic mass is 10.0. The Balaban J connectivity index is 1.54. The van der Waals surface area contributed by atoms with E-state index in [1.807, 2.05) is 6.92 Å². The van der Waals surface area contributed by atoms with Crippen LogP contribution in [-0.2, 0) is 11.2 Å². The van der Waals surface area contributed by atoms with Crippen molar-refractivity contribution in [3.05, 3.63) is 41.7 Å². The minimum atomic E-state index is -0.139. The monoisotopic (exact) mass is 317 g/mol. The van der Waals surface area contributed by atoms with Gasteiger partial charge in [-0.15, -0.1) is 0 Å². The Hall–Kier alpha value is -2.57. The molecule has 2 aromatic rings. The van der Waals surface area contributed by atoms with Crippen LogP contribution in [0.5, 0.6) is 0 Å². The van der Waals surface area contributed by atoms with E-state index < -0.39 is 0 Å². The number of piperidine rings is 1. The molecule has 0 saturated carbocycles. The van der Waals surface area contributed by atoms with Crippen LogP contribution in [-0.4, -0.2) is 41.0 Å². The summed E-state index contributed by atoms with van der Waals surface area (Å²) >= 11 is 0. The maximum absolute atomic E-state index is 12.3. The Labute approximate surface area is 133 Å². The average molecular weight is 317 g/mol. The third kappa shape index (κ3) is 3.80. The number of likely N-dealkylation sites (tertiary alicyclic amines) is 1. The molecule has 0 bridgehead atoms. The highest BCUT2D eigenvalue weighted by molar-refractivity contribution is 5.91. The summed E-state index contributed by atoms with van der Waals surface area (Å²) in [5, 5.41) is 6.72. The van der Waals surface area contributed by atoms with Gasteiger partial charge in [0.15, 0.2) is 5.76 Å². The molecule has 3 rings (SSSR count). The van der Waals surface area contributed by atoms with Gasteiger partial charge in [0.2, 0.25) is 5.91 Å². The average Bonchev–Trinajstić information content (AvgIpc) is 3.18. The van der Waals surface area contributed by atoms with Crippen molar-refractivity contribution in [2.75, 3.05) is 13.1 Å². The molecule has 1 unspecified atom stereocenters. The normalized spacial score (nSPS) is 18.0. The van der Waals surface area contributed by atoms with Crippen molar-refractivity contribution in [1.29, 1.82) is 0 Å². The lowest BCUT2D eigenvalue weighted by molar-refractivity contribution is -0.121. The van der Waals surface area contributed by atoms with E-state index >= 15 is 0 Å². The van der Waals surface area contributed by atoms with Gasteiger partial charge in [-0.3, -0.25) is 9.59 Å². The van der Waals surface area contributed by atoms with E-state index in [9.17, 15) is 9.59 Å². The van der Waals surface area contributed by atoms with Crippen molar-refractivity contribution < 1.29 is 18.5 Å². The Kier molecular flexibility index (Phi) is 4.45. The van der Waals surface area contributed by atoms with Gasteiger partial charge in [-0.05, 0) is 31.9 Å². The van der Waals surface area contributed by atoms with Crippen LogP contribution in [0.4, 0.5) is 0 Å². The third-order valence-electron chi connectivity index (χ3n) is 3.82. The van der Waals surface area contributed by atoms with E-state index in [4.69, 9.17) is 8.94 Å². The minimum absolute atomic E-state index is 0.0563. The lowest BCUT2D eigenvalue weighted by Crippen LogP contribution is -2.49. The van der Waals surface area contributed by atoms with Crippen molar-refractivity contribution in [3.63, 3.8) is 0 Å². The summed E-state index contributed by atoms with van der Waals surface area (Å²) in [6.07, 6.45) is 3.33. The van der Waals surface area contributed by atoms with E-state index in [1.165, 1.54) is 6.26 Å². The molecule has 23 heavy (non-hydrogen) atoms. The standard InChI is InChI=1S/C16H19N3O4/c1-11-8-13(23-18-11)9-15(20)17-12-4-2-6-19(10-12)16(21)14-5-3-7-22-14/h3,5,7-8,12H,2,4,6,9-10H2,1H3,(H,17,20). The van der Waals surface area contributed by atoms with Gasteiger partial charge in [-0.2, -0.15) is 0 Å². The Morgan fingerprint density at radius 3 is 3.04 bits per heavy atom. The zero-order valence-corrected chi connectivity index (χ0v) is 12.9. The molecule has 1 fully saturated rings. The van der Waals surface area contributed by atoms with Gasteiger partial charge < -0.3 is 19.2 Å². The summed E-state index contributed by atoms with van der Waals surface area (Å²) in [5.74, 6) is 0.603. The quantitative estimate of drug-likeness (QED) is 0.924. The number of nitrogens with zero attached hydrogens (tertiary/aromatic N) is 2. The fourth-order valence-electron chi connectivity index (χ4n) is 2.77. The molecular formula is C16H19N3O4. The first-order valence-electron chi connectivity index (χ1n) is 7.66. The highest BCUT2D eigenvalue weighted by atomic mass is 16.5. The fraction of sp³-hybridized carbons (Fsp3) is 0.438. The van der Waals surface area contributed by atoms with Crippen molar-refractivity contribution in [1.82, 2.24) is 15.4 Å². The van der Waals surface area contributed by atoms with E-state index in [1.54, 1.807) is 23.1 Å². The van der Waals surface area contributed by atoms with Crippen LogP contribution in [0.1, 0.15) is 34.9 Å². The zero-order chi connectivity index (χ0) is 16.2. The largest absolute Gasteiger partial charge is 0.459 e. The van der Waals surface area contributed by atoms with Crippen LogP contribution in [0.25, 0.3) is 0 Å². The second-order valence-corrected chi connectivity index (χ2v) is 5.75. The summed E-state index contributed by atoms with van der Waals surface area (Å²) in [5.41, 5.74) is 0.751. The molecule has 7 nitrogen and oxygen atoms in total. The number of hydrogen-bond acceptors (Lipinski definition) is 5. The zero-order valence-electron chi connectivity index (χ0n) is 12.9. The SMILES string of the molecule is Cc1cc(CC(=O)NC2CCCN(C(=O)c3ccco3)C2)on1. The van der Waals surface area contributed by atoms with Gasteiger partial charge in [-0.1, -0.05) is 5.16 Å². The van der Waals surface area contributed by atoms with Crippen LogP contribution in [0.15, 0.2) is 33.4 Å². The molecule has 1 saturated heterocycles. The van der Waals surface area contributed by atoms with E-state index in [-0.39, 0.29) is 24.3 Å². The van der Waals surface area contributed by atoms with Crippen LogP contribution >= 0.6 is 0 Å². The van der Waals surface area contributed by atoms with Crippen molar-refractivity contribution >= 4 is 11.8 Å². The maximum Gasteiger partial charge on any atom is 0.289 e. The molecule has 0 aromatic carbocycles. The molecule has 1 atom stereocenters. The summed E-state index contributed by atoms with van der Waals surface area (Å²) in [6.45, 7) is 2.97. The highest BCUT2D eigenvalue weighted by Crippen LogP contribution is 2.14. The fourth-order valence-corrected chi connectivity index (χ4v) is 2.77. The number of carbonyl (C=O) groups is 2. The predicted molar refractivity (Wildman–Crippen MR) is 80.7 cm³/mol. The summed E-state index contributed by atoms with van der Waals surface area (Å²) in [7, 11) is 0. The van der Waals surface area contributed by atoms with Crippen molar-refractivity contribution in [3.8, 4) is 0 Å². The van der Waals surface area contributed by atoms with Gasteiger partial charge in [0.25, 0.3) is 5.91 Å². The van der Waals surface area contributed by atoms with Crippen LogP contribution in [0, 0.1) is 6.92 Å². The summed E-state index contributed by atoms with van der Waals surface area (Å²) in [6, 6.07) is 5.03. The van der Waals surface area contributed by atoms with Crippen LogP contribution in [0.2, 0.25) is 0 Å². The summed E-state index contributed by atoms with van der Waals surface area (Å²) in [4.78, 5) is 26.1. The number of rotatable bonds is 4.